The molecule has 0 bridgehead atoms. The van der Waals surface area contributed by atoms with E-state index in [1.54, 1.807) is 71.2 Å². The second-order valence-electron chi connectivity index (χ2n) is 20.8. The summed E-state index contributed by atoms with van der Waals surface area (Å²) in [5, 5.41) is 5.12. The summed E-state index contributed by atoms with van der Waals surface area (Å²) >= 11 is 0. The van der Waals surface area contributed by atoms with E-state index < -0.39 is 8.07 Å². The summed E-state index contributed by atoms with van der Waals surface area (Å²) in [5.74, 6) is 0. The highest BCUT2D eigenvalue weighted by Gasteiger charge is 2.51. The van der Waals surface area contributed by atoms with E-state index in [0.29, 0.717) is 5.54 Å². The van der Waals surface area contributed by atoms with E-state index in [1.807, 2.05) is 0 Å². The molecule has 4 rings (SSSR count). The van der Waals surface area contributed by atoms with E-state index in [0.717, 1.165) is 0 Å². The number of hydrogen-bond acceptors (Lipinski definition) is 0. The van der Waals surface area contributed by atoms with Crippen molar-refractivity contribution in [1.82, 2.24) is 0 Å². The quantitative estimate of drug-likeness (QED) is 0.0318. The molecule has 0 aromatic heterocycles. The number of rotatable bonds is 34. The summed E-state index contributed by atoms with van der Waals surface area (Å²) in [6, 6.07) is 24.9. The highest BCUT2D eigenvalue weighted by atomic mass is 28.3. The van der Waals surface area contributed by atoms with E-state index >= 15 is 0 Å². The Bertz CT molecular complexity index is 1560. The molecule has 0 aliphatic heterocycles. The molecule has 1 heteroatoms. The lowest BCUT2D eigenvalue weighted by Gasteiger charge is -2.42. The molecule has 0 amide bonds. The van der Waals surface area contributed by atoms with Crippen molar-refractivity contribution in [1.29, 1.82) is 0 Å². The van der Waals surface area contributed by atoms with Gasteiger partial charge in [0.2, 0.25) is 0 Å². The van der Waals surface area contributed by atoms with Crippen LogP contribution in [0.2, 0.25) is 5.54 Å². The molecule has 0 spiro atoms. The van der Waals surface area contributed by atoms with Crippen molar-refractivity contribution >= 4 is 23.6 Å². The second kappa shape index (κ2) is 29.9. The van der Waals surface area contributed by atoms with Gasteiger partial charge >= 0.3 is 0 Å². The Labute approximate surface area is 399 Å². The minimum absolute atomic E-state index is 0.405. The van der Waals surface area contributed by atoms with Crippen molar-refractivity contribution in [2.24, 2.45) is 0 Å². The van der Waals surface area contributed by atoms with Gasteiger partial charge in [-0.25, -0.2) is 0 Å². The Kier molecular flexibility index (Phi) is 25.2. The molecule has 3 aromatic rings. The smallest absolute Gasteiger partial charge is 0.0654 e. The lowest BCUT2D eigenvalue weighted by atomic mass is 10.00. The molecule has 0 heterocycles. The van der Waals surface area contributed by atoms with Crippen molar-refractivity contribution in [2.45, 2.75) is 267 Å². The van der Waals surface area contributed by atoms with Gasteiger partial charge in [-0.05, 0) is 165 Å². The number of aryl methyl sites for hydroxylation is 6. The summed E-state index contributed by atoms with van der Waals surface area (Å²) in [4.78, 5) is 0. The van der Waals surface area contributed by atoms with Crippen LogP contribution < -0.4 is 15.6 Å². The van der Waals surface area contributed by atoms with E-state index in [4.69, 9.17) is 0 Å². The Morgan fingerprint density at radius 3 is 0.672 bits per heavy atom. The molecule has 356 valence electrons. The molecule has 64 heavy (non-hydrogen) atoms. The van der Waals surface area contributed by atoms with Crippen LogP contribution in [0.15, 0.2) is 76.9 Å². The molecular weight excluding hydrogens is 785 g/mol. The van der Waals surface area contributed by atoms with Crippen molar-refractivity contribution in [3.05, 3.63) is 110 Å². The van der Waals surface area contributed by atoms with E-state index in [9.17, 15) is 0 Å². The van der Waals surface area contributed by atoms with Gasteiger partial charge in [0.05, 0.1) is 0 Å². The van der Waals surface area contributed by atoms with Crippen LogP contribution in [0, 0.1) is 0 Å². The first-order chi connectivity index (χ1) is 31.2. The number of benzene rings is 3. The maximum Gasteiger partial charge on any atom is 0.159 e. The van der Waals surface area contributed by atoms with E-state index in [1.165, 1.54) is 193 Å². The maximum absolute atomic E-state index is 2.83. The standard InChI is InChI=1S/C63H100Si/c1-11-17-23-29-35-54-41-55(36-30-24-18-12-2)45-60(44-54)64(63-52(9)50(7)51(8)53(63)10,61-46-56(37-31-25-19-13-3)42-57(47-61)38-32-26-20-14-4)62-48-58(39-33-27-21-15-5)43-59(49-62)40-34-28-22-16-6/h41-49,63H,11-40H2,1-10H3. The fourth-order valence-electron chi connectivity index (χ4n) is 11.4. The summed E-state index contributed by atoms with van der Waals surface area (Å²) in [7, 11) is -2.83. The van der Waals surface area contributed by atoms with Crippen molar-refractivity contribution < 1.29 is 0 Å². The normalized spacial score (nSPS) is 13.6. The van der Waals surface area contributed by atoms with Crippen LogP contribution in [0.1, 0.15) is 257 Å². The van der Waals surface area contributed by atoms with E-state index in [-0.39, 0.29) is 0 Å². The first-order valence-electron chi connectivity index (χ1n) is 27.9. The van der Waals surface area contributed by atoms with Crippen LogP contribution >= 0.6 is 0 Å². The van der Waals surface area contributed by atoms with Gasteiger partial charge in [0.25, 0.3) is 0 Å². The number of allylic oxidation sites excluding steroid dienone is 4. The van der Waals surface area contributed by atoms with Crippen LogP contribution in [0.5, 0.6) is 0 Å². The SMILES string of the molecule is CCCCCCc1cc(CCCCCC)cc([Si](c2cc(CCCCCC)cc(CCCCCC)c2)(c2cc(CCCCCC)cc(CCCCCC)c2)C2C(C)=C(C)C(C)=C2C)c1. The molecule has 3 aromatic carbocycles. The zero-order valence-electron chi connectivity index (χ0n) is 44.0. The minimum atomic E-state index is -2.83. The highest BCUT2D eigenvalue weighted by molar-refractivity contribution is 7.13. The zero-order chi connectivity index (χ0) is 46.2. The van der Waals surface area contributed by atoms with Crippen molar-refractivity contribution in [2.75, 3.05) is 0 Å². The molecule has 0 saturated carbocycles. The van der Waals surface area contributed by atoms with Gasteiger partial charge in [-0.2, -0.15) is 0 Å². The first-order valence-corrected chi connectivity index (χ1v) is 30.0. The second-order valence-corrected chi connectivity index (χ2v) is 24.8. The maximum atomic E-state index is 2.82. The van der Waals surface area contributed by atoms with Gasteiger partial charge in [-0.15, -0.1) is 0 Å². The molecule has 1 aliphatic carbocycles. The third kappa shape index (κ3) is 15.7. The third-order valence-corrected chi connectivity index (χ3v) is 20.8. The Balaban J connectivity index is 2.19. The van der Waals surface area contributed by atoms with Crippen LogP contribution in [-0.2, 0) is 38.5 Å². The first kappa shape index (κ1) is 54.0. The lowest BCUT2D eigenvalue weighted by molar-refractivity contribution is 0.661. The fourth-order valence-corrected chi connectivity index (χ4v) is 17.6. The number of unbranched alkanes of at least 4 members (excludes halogenated alkanes) is 18. The van der Waals surface area contributed by atoms with Crippen LogP contribution in [0.3, 0.4) is 0 Å². The summed E-state index contributed by atoms with van der Waals surface area (Å²) < 4.78 is 0. The van der Waals surface area contributed by atoms with Crippen molar-refractivity contribution in [3.63, 3.8) is 0 Å². The van der Waals surface area contributed by atoms with Gasteiger partial charge in [0, 0.05) is 5.54 Å². The predicted octanol–water partition coefficient (Wildman–Crippen LogP) is 18.0. The van der Waals surface area contributed by atoms with Crippen LogP contribution in [-0.4, -0.2) is 8.07 Å². The predicted molar refractivity (Wildman–Crippen MR) is 292 cm³/mol. The highest BCUT2D eigenvalue weighted by Crippen LogP contribution is 2.47. The summed E-state index contributed by atoms with van der Waals surface area (Å²) in [6.07, 6.45) is 38.8. The molecule has 0 N–H and O–H groups in total. The third-order valence-electron chi connectivity index (χ3n) is 15.5. The Hall–Kier alpha value is -2.64. The van der Waals surface area contributed by atoms with Crippen LogP contribution in [0.4, 0.5) is 0 Å². The molecule has 0 saturated heterocycles. The molecule has 1 aliphatic rings. The Morgan fingerprint density at radius 2 is 0.484 bits per heavy atom. The van der Waals surface area contributed by atoms with Gasteiger partial charge in [-0.3, -0.25) is 0 Å². The molecule has 0 atom stereocenters. The minimum Gasteiger partial charge on any atom is -0.0654 e. The summed E-state index contributed by atoms with van der Waals surface area (Å²) in [5.41, 5.74) is 16.5. The van der Waals surface area contributed by atoms with E-state index in [2.05, 4.69) is 124 Å². The molecule has 0 radical (unpaired) electrons. The zero-order valence-corrected chi connectivity index (χ0v) is 45.0. The summed E-state index contributed by atoms with van der Waals surface area (Å²) in [6.45, 7) is 24.2. The van der Waals surface area contributed by atoms with Gasteiger partial charge < -0.3 is 0 Å². The monoisotopic (exact) mass is 885 g/mol. The topological polar surface area (TPSA) is 0 Å². The number of hydrogen-bond donors (Lipinski definition) is 0. The molecule has 0 unspecified atom stereocenters. The van der Waals surface area contributed by atoms with Crippen molar-refractivity contribution in [3.8, 4) is 0 Å². The van der Waals surface area contributed by atoms with Crippen LogP contribution in [0.25, 0.3) is 0 Å². The Morgan fingerprint density at radius 1 is 0.281 bits per heavy atom. The molecule has 0 fully saturated rings. The lowest BCUT2D eigenvalue weighted by Crippen LogP contribution is -2.70. The molecule has 0 nitrogen and oxygen atoms in total. The fraction of sp³-hybridized carbons (Fsp3) is 0.651. The largest absolute Gasteiger partial charge is 0.159 e. The molecular formula is C63H100Si. The average molecular weight is 886 g/mol. The van der Waals surface area contributed by atoms with Gasteiger partial charge in [0.15, 0.2) is 8.07 Å². The van der Waals surface area contributed by atoms with Gasteiger partial charge in [-0.1, -0.05) is 223 Å². The van der Waals surface area contributed by atoms with Gasteiger partial charge in [0.1, 0.15) is 0 Å². The average Bonchev–Trinajstić information content (AvgIpc) is 3.49.